The first kappa shape index (κ1) is 10.2. The van der Waals surface area contributed by atoms with Crippen molar-refractivity contribution in [1.29, 1.82) is 0 Å². The molecule has 0 radical (unpaired) electrons. The lowest BCUT2D eigenvalue weighted by molar-refractivity contribution is 0.340. The molecule has 66 valence electrons. The van der Waals surface area contributed by atoms with E-state index in [9.17, 15) is 0 Å². The van der Waals surface area contributed by atoms with Gasteiger partial charge in [0.2, 0.25) is 0 Å². The highest BCUT2D eigenvalue weighted by Gasteiger charge is 2.14. The SMILES string of the molecule is CC.CC(C)C1=NNNN1C. The van der Waals surface area contributed by atoms with Gasteiger partial charge in [-0.25, -0.2) is 5.53 Å². The highest BCUT2D eigenvalue weighted by molar-refractivity contribution is 5.83. The molecule has 0 unspecified atom stereocenters. The molecule has 0 saturated carbocycles. The van der Waals surface area contributed by atoms with Crippen molar-refractivity contribution in [2.24, 2.45) is 11.0 Å². The number of nitrogens with zero attached hydrogens (tertiary/aromatic N) is 2. The highest BCUT2D eigenvalue weighted by Crippen LogP contribution is 2.00. The lowest BCUT2D eigenvalue weighted by Crippen LogP contribution is -2.38. The summed E-state index contributed by atoms with van der Waals surface area (Å²) < 4.78 is 0. The number of nitrogens with one attached hydrogen (secondary N) is 2. The van der Waals surface area contributed by atoms with Gasteiger partial charge in [0.25, 0.3) is 0 Å². The molecule has 4 nitrogen and oxygen atoms in total. The van der Waals surface area contributed by atoms with E-state index in [-0.39, 0.29) is 0 Å². The Kier molecular flexibility index (Phi) is 4.61. The smallest absolute Gasteiger partial charge is 0.144 e. The van der Waals surface area contributed by atoms with Crippen LogP contribution in [0.4, 0.5) is 0 Å². The molecule has 11 heavy (non-hydrogen) atoms. The summed E-state index contributed by atoms with van der Waals surface area (Å²) in [5.74, 6) is 1.51. The first-order valence-corrected chi connectivity index (χ1v) is 4.04. The van der Waals surface area contributed by atoms with E-state index < -0.39 is 0 Å². The van der Waals surface area contributed by atoms with Crippen LogP contribution in [0.25, 0.3) is 0 Å². The molecule has 0 bridgehead atoms. The van der Waals surface area contributed by atoms with Crippen LogP contribution in [0, 0.1) is 5.92 Å². The minimum Gasteiger partial charge on any atom is -0.278 e. The molecule has 0 aliphatic carbocycles. The van der Waals surface area contributed by atoms with Crippen LogP contribution in [0.1, 0.15) is 27.7 Å². The number of hydrazone groups is 1. The lowest BCUT2D eigenvalue weighted by Gasteiger charge is -2.13. The average Bonchev–Trinajstić information content (AvgIpc) is 2.39. The largest absolute Gasteiger partial charge is 0.278 e. The summed E-state index contributed by atoms with van der Waals surface area (Å²) in [7, 11) is 1.93. The maximum absolute atomic E-state index is 4.00. The highest BCUT2D eigenvalue weighted by atomic mass is 15.8. The summed E-state index contributed by atoms with van der Waals surface area (Å²) in [6.45, 7) is 8.20. The number of hydrazine groups is 2. The Morgan fingerprint density at radius 3 is 2.09 bits per heavy atom. The molecule has 2 N–H and O–H groups in total. The predicted molar refractivity (Wildman–Crippen MR) is 47.7 cm³/mol. The third kappa shape index (κ3) is 2.76. The molecule has 0 aromatic heterocycles. The minimum atomic E-state index is 0.470. The van der Waals surface area contributed by atoms with Crippen LogP contribution >= 0.6 is 0 Å². The summed E-state index contributed by atoms with van der Waals surface area (Å²) in [6, 6.07) is 0. The molecule has 1 rings (SSSR count). The van der Waals surface area contributed by atoms with Crippen molar-refractivity contribution in [2.45, 2.75) is 27.7 Å². The van der Waals surface area contributed by atoms with Crippen LogP contribution in [0.5, 0.6) is 0 Å². The Morgan fingerprint density at radius 2 is 1.91 bits per heavy atom. The zero-order valence-corrected chi connectivity index (χ0v) is 7.97. The maximum atomic E-state index is 4.00. The van der Waals surface area contributed by atoms with Gasteiger partial charge < -0.3 is 0 Å². The summed E-state index contributed by atoms with van der Waals surface area (Å²) in [5, 5.41) is 5.86. The average molecular weight is 158 g/mol. The molecule has 0 fully saturated rings. The Morgan fingerprint density at radius 1 is 1.36 bits per heavy atom. The van der Waals surface area contributed by atoms with Gasteiger partial charge in [-0.15, -0.1) is 10.6 Å². The zero-order valence-electron chi connectivity index (χ0n) is 7.97. The molecule has 0 amide bonds. The summed E-state index contributed by atoms with van der Waals surface area (Å²) in [5.41, 5.74) is 5.50. The fraction of sp³-hybridized carbons (Fsp3) is 0.857. The van der Waals surface area contributed by atoms with E-state index in [0.29, 0.717) is 5.92 Å². The van der Waals surface area contributed by atoms with Crippen LogP contribution in [-0.4, -0.2) is 17.9 Å². The first-order valence-electron chi connectivity index (χ1n) is 4.04. The van der Waals surface area contributed by atoms with Gasteiger partial charge >= 0.3 is 0 Å². The second kappa shape index (κ2) is 4.96. The number of hydrogen-bond donors (Lipinski definition) is 2. The van der Waals surface area contributed by atoms with Gasteiger partial charge in [-0.3, -0.25) is 5.01 Å². The van der Waals surface area contributed by atoms with Gasteiger partial charge in [-0.2, -0.15) is 0 Å². The van der Waals surface area contributed by atoms with Gasteiger partial charge in [0, 0.05) is 13.0 Å². The Labute approximate surface area is 68.6 Å². The van der Waals surface area contributed by atoms with Crippen molar-refractivity contribution < 1.29 is 0 Å². The molecular formula is C7H18N4. The van der Waals surface area contributed by atoms with Crippen molar-refractivity contribution in [3.05, 3.63) is 0 Å². The van der Waals surface area contributed by atoms with Gasteiger partial charge in [-0.05, 0) is 0 Å². The second-order valence-corrected chi connectivity index (χ2v) is 2.41. The van der Waals surface area contributed by atoms with E-state index in [1.54, 1.807) is 0 Å². The molecule has 0 aromatic carbocycles. The predicted octanol–water partition coefficient (Wildman–Crippen LogP) is 0.937. The number of rotatable bonds is 1. The fourth-order valence-electron chi connectivity index (χ4n) is 0.806. The fourth-order valence-corrected chi connectivity index (χ4v) is 0.806. The molecule has 1 aliphatic rings. The number of hydrogen-bond acceptors (Lipinski definition) is 4. The van der Waals surface area contributed by atoms with Crippen molar-refractivity contribution in [2.75, 3.05) is 7.05 Å². The van der Waals surface area contributed by atoms with Gasteiger partial charge in [0.1, 0.15) is 5.84 Å². The molecule has 0 spiro atoms. The Hall–Kier alpha value is -0.770. The monoisotopic (exact) mass is 158 g/mol. The first-order chi connectivity index (χ1) is 5.22. The normalized spacial score (nSPS) is 15.5. The maximum Gasteiger partial charge on any atom is 0.144 e. The summed E-state index contributed by atoms with van der Waals surface area (Å²) in [6.07, 6.45) is 0. The van der Waals surface area contributed by atoms with Gasteiger partial charge in [0.15, 0.2) is 0 Å². The van der Waals surface area contributed by atoms with Crippen LogP contribution in [-0.2, 0) is 0 Å². The lowest BCUT2D eigenvalue weighted by atomic mass is 10.2. The molecular weight excluding hydrogens is 140 g/mol. The molecule has 0 atom stereocenters. The molecule has 0 aromatic rings. The van der Waals surface area contributed by atoms with Crippen molar-refractivity contribution in [1.82, 2.24) is 16.1 Å². The van der Waals surface area contributed by atoms with Crippen molar-refractivity contribution in [3.8, 4) is 0 Å². The topological polar surface area (TPSA) is 39.7 Å². The third-order valence-electron chi connectivity index (χ3n) is 1.25. The van der Waals surface area contributed by atoms with Crippen LogP contribution < -0.4 is 11.1 Å². The molecule has 1 heterocycles. The number of amidine groups is 1. The standard InChI is InChI=1S/C5H12N4.C2H6/c1-4(2)5-6-7-8-9(5)3;1-2/h4,7-8H,1-3H3;1-2H3. The van der Waals surface area contributed by atoms with E-state index >= 15 is 0 Å². The summed E-state index contributed by atoms with van der Waals surface area (Å²) >= 11 is 0. The van der Waals surface area contributed by atoms with Gasteiger partial charge in [0.05, 0.1) is 0 Å². The third-order valence-corrected chi connectivity index (χ3v) is 1.25. The zero-order chi connectivity index (χ0) is 8.85. The Balaban J connectivity index is 0.000000461. The second-order valence-electron chi connectivity index (χ2n) is 2.41. The quantitative estimate of drug-likeness (QED) is 0.596. The van der Waals surface area contributed by atoms with Crippen LogP contribution in [0.15, 0.2) is 5.10 Å². The van der Waals surface area contributed by atoms with E-state index in [2.05, 4.69) is 30.0 Å². The molecule has 4 heteroatoms. The van der Waals surface area contributed by atoms with Crippen LogP contribution in [0.3, 0.4) is 0 Å². The summed E-state index contributed by atoms with van der Waals surface area (Å²) in [4.78, 5) is 0. The van der Waals surface area contributed by atoms with E-state index in [4.69, 9.17) is 0 Å². The molecule has 1 aliphatic heterocycles. The van der Waals surface area contributed by atoms with E-state index in [1.165, 1.54) is 0 Å². The molecule has 0 saturated heterocycles. The van der Waals surface area contributed by atoms with Crippen molar-refractivity contribution >= 4 is 5.84 Å². The van der Waals surface area contributed by atoms with Gasteiger partial charge in [-0.1, -0.05) is 27.7 Å². The minimum absolute atomic E-state index is 0.470. The Bertz CT molecular complexity index is 130. The van der Waals surface area contributed by atoms with Crippen molar-refractivity contribution in [3.63, 3.8) is 0 Å². The van der Waals surface area contributed by atoms with E-state index in [1.807, 2.05) is 25.9 Å². The van der Waals surface area contributed by atoms with E-state index in [0.717, 1.165) is 5.84 Å². The van der Waals surface area contributed by atoms with Crippen LogP contribution in [0.2, 0.25) is 0 Å².